The third-order valence-electron chi connectivity index (χ3n) is 2.91. The van der Waals surface area contributed by atoms with Crippen molar-refractivity contribution in [1.82, 2.24) is 14.9 Å². The van der Waals surface area contributed by atoms with Crippen molar-refractivity contribution in [2.75, 3.05) is 7.11 Å². The zero-order valence-corrected chi connectivity index (χ0v) is 11.0. The molecule has 19 heavy (non-hydrogen) atoms. The predicted octanol–water partition coefficient (Wildman–Crippen LogP) is 1.52. The minimum Gasteiger partial charge on any atom is -0.468 e. The molecule has 1 heterocycles. The molecule has 5 heteroatoms. The lowest BCUT2D eigenvalue weighted by molar-refractivity contribution is -0.142. The van der Waals surface area contributed by atoms with Crippen LogP contribution in [0.4, 0.5) is 0 Å². The molecule has 1 aromatic heterocycles. The maximum Gasteiger partial charge on any atom is 0.322 e. The Morgan fingerprint density at radius 2 is 2.16 bits per heavy atom. The van der Waals surface area contributed by atoms with Gasteiger partial charge in [0.25, 0.3) is 0 Å². The van der Waals surface area contributed by atoms with Gasteiger partial charge in [0.2, 0.25) is 0 Å². The van der Waals surface area contributed by atoms with Crippen LogP contribution >= 0.6 is 0 Å². The lowest BCUT2D eigenvalue weighted by atomic mass is 10.2. The van der Waals surface area contributed by atoms with Crippen LogP contribution in [0.25, 0.3) is 5.69 Å². The molecular weight excluding hydrogens is 242 g/mol. The highest BCUT2D eigenvalue weighted by atomic mass is 16.5. The van der Waals surface area contributed by atoms with Crippen LogP contribution in [0, 0.1) is 0 Å². The van der Waals surface area contributed by atoms with E-state index >= 15 is 0 Å². The summed E-state index contributed by atoms with van der Waals surface area (Å²) >= 11 is 0. The fourth-order valence-electron chi connectivity index (χ4n) is 1.73. The fourth-order valence-corrected chi connectivity index (χ4v) is 1.73. The molecule has 1 aromatic carbocycles. The highest BCUT2D eigenvalue weighted by Gasteiger charge is 2.11. The van der Waals surface area contributed by atoms with Gasteiger partial charge in [-0.3, -0.25) is 4.79 Å². The summed E-state index contributed by atoms with van der Waals surface area (Å²) in [7, 11) is 1.39. The third-order valence-corrected chi connectivity index (χ3v) is 2.91. The number of aromatic nitrogens is 2. The molecule has 1 unspecified atom stereocenters. The Labute approximate surface area is 112 Å². The second-order valence-corrected chi connectivity index (χ2v) is 4.26. The Morgan fingerprint density at radius 3 is 2.74 bits per heavy atom. The number of benzene rings is 1. The number of nitrogens with zero attached hydrogens (tertiary/aromatic N) is 2. The Bertz CT molecular complexity index is 520. The largest absolute Gasteiger partial charge is 0.468 e. The molecule has 100 valence electrons. The lowest BCUT2D eigenvalue weighted by Gasteiger charge is -2.11. The molecule has 1 N–H and O–H groups in total. The summed E-state index contributed by atoms with van der Waals surface area (Å²) < 4.78 is 6.60. The maximum atomic E-state index is 11.2. The first-order chi connectivity index (χ1) is 9.20. The predicted molar refractivity (Wildman–Crippen MR) is 71.9 cm³/mol. The van der Waals surface area contributed by atoms with Crippen molar-refractivity contribution in [3.05, 3.63) is 48.5 Å². The Kier molecular flexibility index (Phi) is 4.30. The van der Waals surface area contributed by atoms with Gasteiger partial charge in [-0.05, 0) is 24.6 Å². The molecule has 0 spiro atoms. The number of hydrogen-bond acceptors (Lipinski definition) is 4. The van der Waals surface area contributed by atoms with E-state index in [2.05, 4.69) is 15.0 Å². The highest BCUT2D eigenvalue weighted by molar-refractivity contribution is 5.75. The highest BCUT2D eigenvalue weighted by Crippen LogP contribution is 2.09. The van der Waals surface area contributed by atoms with Gasteiger partial charge in [-0.25, -0.2) is 4.98 Å². The molecule has 2 rings (SSSR count). The van der Waals surface area contributed by atoms with E-state index in [-0.39, 0.29) is 12.0 Å². The number of methoxy groups -OCH3 is 1. The number of esters is 1. The van der Waals surface area contributed by atoms with Crippen molar-refractivity contribution < 1.29 is 9.53 Å². The summed E-state index contributed by atoms with van der Waals surface area (Å²) in [6, 6.07) is 7.76. The summed E-state index contributed by atoms with van der Waals surface area (Å²) in [6.07, 6.45) is 5.40. The number of carbonyl (C=O) groups excluding carboxylic acids is 1. The molecule has 0 aliphatic carbocycles. The summed E-state index contributed by atoms with van der Waals surface area (Å²) in [5.41, 5.74) is 2.17. The van der Waals surface area contributed by atoms with Crippen LogP contribution < -0.4 is 5.32 Å². The van der Waals surface area contributed by atoms with E-state index in [9.17, 15) is 4.79 Å². The quantitative estimate of drug-likeness (QED) is 0.827. The van der Waals surface area contributed by atoms with Crippen LogP contribution in [0.1, 0.15) is 12.5 Å². The fraction of sp³-hybridized carbons (Fsp3) is 0.286. The van der Waals surface area contributed by atoms with Crippen molar-refractivity contribution in [3.8, 4) is 5.69 Å². The van der Waals surface area contributed by atoms with Crippen LogP contribution in [-0.2, 0) is 16.1 Å². The average molecular weight is 259 g/mol. The third kappa shape index (κ3) is 3.42. The van der Waals surface area contributed by atoms with Gasteiger partial charge in [0.1, 0.15) is 6.04 Å². The monoisotopic (exact) mass is 259 g/mol. The summed E-state index contributed by atoms with van der Waals surface area (Å²) in [5.74, 6) is -0.255. The summed E-state index contributed by atoms with van der Waals surface area (Å²) in [4.78, 5) is 15.3. The molecule has 0 bridgehead atoms. The molecule has 0 aliphatic heterocycles. The smallest absolute Gasteiger partial charge is 0.322 e. The van der Waals surface area contributed by atoms with Crippen LogP contribution in [-0.4, -0.2) is 28.7 Å². The van der Waals surface area contributed by atoms with Gasteiger partial charge in [0.05, 0.1) is 13.4 Å². The van der Waals surface area contributed by atoms with Crippen LogP contribution in [0.2, 0.25) is 0 Å². The van der Waals surface area contributed by atoms with Crippen molar-refractivity contribution >= 4 is 5.97 Å². The van der Waals surface area contributed by atoms with E-state index in [0.717, 1.165) is 11.3 Å². The summed E-state index contributed by atoms with van der Waals surface area (Å²) in [5, 5.41) is 3.11. The van der Waals surface area contributed by atoms with E-state index in [1.807, 2.05) is 35.0 Å². The number of nitrogens with one attached hydrogen (secondary N) is 1. The minimum absolute atomic E-state index is 0.255. The Hall–Kier alpha value is -2.14. The van der Waals surface area contributed by atoms with Crippen LogP contribution in [0.5, 0.6) is 0 Å². The molecule has 0 fully saturated rings. The number of ether oxygens (including phenoxy) is 1. The second kappa shape index (κ2) is 6.15. The van der Waals surface area contributed by atoms with Crippen molar-refractivity contribution in [2.45, 2.75) is 19.5 Å². The maximum absolute atomic E-state index is 11.2. The normalized spacial score (nSPS) is 12.1. The first-order valence-corrected chi connectivity index (χ1v) is 6.09. The SMILES string of the molecule is COC(=O)C(C)NCc1ccc(-n2ccnc2)cc1. The Balaban J connectivity index is 1.94. The number of imidazole rings is 1. The topological polar surface area (TPSA) is 56.1 Å². The zero-order valence-electron chi connectivity index (χ0n) is 11.0. The molecular formula is C14H17N3O2. The van der Waals surface area contributed by atoms with E-state index in [1.54, 1.807) is 19.4 Å². The molecule has 5 nitrogen and oxygen atoms in total. The summed E-state index contributed by atoms with van der Waals surface area (Å²) in [6.45, 7) is 2.41. The van der Waals surface area contributed by atoms with E-state index in [0.29, 0.717) is 6.54 Å². The average Bonchev–Trinajstić information content (AvgIpc) is 2.98. The minimum atomic E-state index is -0.307. The zero-order chi connectivity index (χ0) is 13.7. The molecule has 0 saturated carbocycles. The lowest BCUT2D eigenvalue weighted by Crippen LogP contribution is -2.34. The molecule has 0 radical (unpaired) electrons. The molecule has 0 saturated heterocycles. The van der Waals surface area contributed by atoms with Crippen molar-refractivity contribution in [2.24, 2.45) is 0 Å². The van der Waals surface area contributed by atoms with Crippen LogP contribution in [0.15, 0.2) is 43.0 Å². The van der Waals surface area contributed by atoms with E-state index in [1.165, 1.54) is 7.11 Å². The van der Waals surface area contributed by atoms with Gasteiger partial charge >= 0.3 is 5.97 Å². The van der Waals surface area contributed by atoms with Gasteiger partial charge in [-0.2, -0.15) is 0 Å². The Morgan fingerprint density at radius 1 is 1.42 bits per heavy atom. The molecule has 2 aromatic rings. The molecule has 0 amide bonds. The van der Waals surface area contributed by atoms with Gasteiger partial charge in [0.15, 0.2) is 0 Å². The molecule has 0 aliphatic rings. The van der Waals surface area contributed by atoms with Gasteiger partial charge in [0, 0.05) is 24.6 Å². The van der Waals surface area contributed by atoms with Gasteiger partial charge < -0.3 is 14.6 Å². The van der Waals surface area contributed by atoms with Crippen molar-refractivity contribution in [3.63, 3.8) is 0 Å². The van der Waals surface area contributed by atoms with E-state index in [4.69, 9.17) is 0 Å². The number of hydrogen-bond donors (Lipinski definition) is 1. The van der Waals surface area contributed by atoms with Crippen LogP contribution in [0.3, 0.4) is 0 Å². The van der Waals surface area contributed by atoms with Gasteiger partial charge in [-0.1, -0.05) is 12.1 Å². The number of carbonyl (C=O) groups is 1. The standard InChI is InChI=1S/C14H17N3O2/c1-11(14(18)19-2)16-9-12-3-5-13(6-4-12)17-8-7-15-10-17/h3-8,10-11,16H,9H2,1-2H3. The second-order valence-electron chi connectivity index (χ2n) is 4.26. The van der Waals surface area contributed by atoms with Crippen molar-refractivity contribution in [1.29, 1.82) is 0 Å². The van der Waals surface area contributed by atoms with Gasteiger partial charge in [-0.15, -0.1) is 0 Å². The number of rotatable bonds is 5. The molecule has 1 atom stereocenters. The first kappa shape index (κ1) is 13.3. The first-order valence-electron chi connectivity index (χ1n) is 6.09. The van der Waals surface area contributed by atoms with E-state index < -0.39 is 0 Å².